The van der Waals surface area contributed by atoms with E-state index in [1.807, 2.05) is 13.8 Å². The summed E-state index contributed by atoms with van der Waals surface area (Å²) in [6.45, 7) is 4.73. The average molecular weight is 441 g/mol. The van der Waals surface area contributed by atoms with E-state index in [1.165, 1.54) is 34.9 Å². The number of rotatable bonds is 6. The third-order valence-corrected chi connectivity index (χ3v) is 7.63. The molecular formula is C21H29ClN2O4S. The lowest BCUT2D eigenvalue weighted by Crippen LogP contribution is -2.48. The molecule has 1 saturated heterocycles. The van der Waals surface area contributed by atoms with Gasteiger partial charge in [0.25, 0.3) is 5.91 Å². The second kappa shape index (κ2) is 9.60. The van der Waals surface area contributed by atoms with Crippen molar-refractivity contribution in [2.45, 2.75) is 63.1 Å². The van der Waals surface area contributed by atoms with Crippen LogP contribution in [0.1, 0.15) is 56.3 Å². The van der Waals surface area contributed by atoms with Crippen LogP contribution in [0.15, 0.2) is 34.7 Å². The summed E-state index contributed by atoms with van der Waals surface area (Å²) in [7, 11) is -3.82. The van der Waals surface area contributed by atoms with Crippen LogP contribution in [0.2, 0.25) is 5.02 Å². The number of morpholine rings is 1. The molecule has 0 radical (unpaired) electrons. The van der Waals surface area contributed by atoms with Crippen LogP contribution in [0, 0.1) is 0 Å². The number of carbonyl (C=O) groups excluding carboxylic acids is 1. The van der Waals surface area contributed by atoms with Crippen LogP contribution in [0.5, 0.6) is 0 Å². The van der Waals surface area contributed by atoms with E-state index in [0.29, 0.717) is 12.1 Å². The van der Waals surface area contributed by atoms with Gasteiger partial charge in [0.2, 0.25) is 10.0 Å². The molecule has 160 valence electrons. The van der Waals surface area contributed by atoms with Gasteiger partial charge in [-0.15, -0.1) is 0 Å². The van der Waals surface area contributed by atoms with Crippen molar-refractivity contribution >= 4 is 27.5 Å². The Balaban J connectivity index is 1.71. The Labute approximate surface area is 178 Å². The first kappa shape index (κ1) is 22.3. The molecule has 0 aromatic heterocycles. The molecule has 0 saturated carbocycles. The number of halogens is 1. The zero-order chi connectivity index (χ0) is 21.0. The van der Waals surface area contributed by atoms with Gasteiger partial charge < -0.3 is 10.1 Å². The van der Waals surface area contributed by atoms with Crippen LogP contribution >= 0.6 is 11.6 Å². The Morgan fingerprint density at radius 3 is 2.62 bits per heavy atom. The van der Waals surface area contributed by atoms with Gasteiger partial charge in [0.1, 0.15) is 4.90 Å². The maximum absolute atomic E-state index is 13.1. The third kappa shape index (κ3) is 5.60. The van der Waals surface area contributed by atoms with E-state index < -0.39 is 10.0 Å². The van der Waals surface area contributed by atoms with Gasteiger partial charge >= 0.3 is 0 Å². The van der Waals surface area contributed by atoms with Crippen molar-refractivity contribution < 1.29 is 17.9 Å². The van der Waals surface area contributed by atoms with E-state index in [2.05, 4.69) is 11.4 Å². The highest BCUT2D eigenvalue weighted by Gasteiger charge is 2.33. The topological polar surface area (TPSA) is 75.7 Å². The summed E-state index contributed by atoms with van der Waals surface area (Å²) in [6, 6.07) is 4.40. The van der Waals surface area contributed by atoms with E-state index in [-0.39, 0.29) is 41.1 Å². The van der Waals surface area contributed by atoms with Crippen molar-refractivity contribution in [1.82, 2.24) is 9.62 Å². The van der Waals surface area contributed by atoms with Crippen molar-refractivity contribution in [1.29, 1.82) is 0 Å². The Hall–Kier alpha value is -1.41. The third-order valence-electron chi connectivity index (χ3n) is 5.31. The number of ether oxygens (including phenoxy) is 1. The van der Waals surface area contributed by atoms with Gasteiger partial charge in [0, 0.05) is 25.2 Å². The van der Waals surface area contributed by atoms with E-state index in [1.54, 1.807) is 6.07 Å². The minimum Gasteiger partial charge on any atom is -0.373 e. The summed E-state index contributed by atoms with van der Waals surface area (Å²) >= 11 is 6.21. The van der Waals surface area contributed by atoms with Crippen LogP contribution in [-0.2, 0) is 14.8 Å². The molecule has 1 aromatic carbocycles. The summed E-state index contributed by atoms with van der Waals surface area (Å²) in [4.78, 5) is 12.5. The molecule has 1 fully saturated rings. The molecule has 2 atom stereocenters. The molecule has 6 nitrogen and oxygen atoms in total. The highest BCUT2D eigenvalue weighted by molar-refractivity contribution is 7.89. The summed E-state index contributed by atoms with van der Waals surface area (Å²) in [5.74, 6) is -0.293. The molecule has 0 bridgehead atoms. The number of nitrogens with zero attached hydrogens (tertiary/aromatic N) is 1. The minimum atomic E-state index is -3.82. The summed E-state index contributed by atoms with van der Waals surface area (Å²) in [5, 5.41) is 3.00. The van der Waals surface area contributed by atoms with Crippen molar-refractivity contribution in [3.05, 3.63) is 40.4 Å². The fourth-order valence-electron chi connectivity index (χ4n) is 3.88. The molecule has 0 unspecified atom stereocenters. The van der Waals surface area contributed by atoms with Gasteiger partial charge in [0.15, 0.2) is 0 Å². The highest BCUT2D eigenvalue weighted by atomic mass is 35.5. The van der Waals surface area contributed by atoms with Gasteiger partial charge in [-0.25, -0.2) is 8.42 Å². The average Bonchev–Trinajstić information content (AvgIpc) is 2.68. The number of hydrogen-bond acceptors (Lipinski definition) is 4. The molecular weight excluding hydrogens is 412 g/mol. The van der Waals surface area contributed by atoms with E-state index >= 15 is 0 Å². The molecule has 1 aromatic rings. The maximum atomic E-state index is 13.1. The quantitative estimate of drug-likeness (QED) is 0.683. The van der Waals surface area contributed by atoms with Gasteiger partial charge in [-0.05, 0) is 64.2 Å². The van der Waals surface area contributed by atoms with Crippen molar-refractivity contribution in [2.24, 2.45) is 0 Å². The largest absolute Gasteiger partial charge is 0.373 e. The number of allylic oxidation sites excluding steroid dienone is 1. The number of benzene rings is 1. The lowest BCUT2D eigenvalue weighted by atomic mass is 9.97. The van der Waals surface area contributed by atoms with Gasteiger partial charge in [0.05, 0.1) is 17.2 Å². The van der Waals surface area contributed by atoms with Crippen LogP contribution in [-0.4, -0.2) is 50.5 Å². The lowest BCUT2D eigenvalue weighted by molar-refractivity contribution is -0.0440. The Kier molecular flexibility index (Phi) is 7.37. The fraction of sp³-hybridized carbons (Fsp3) is 0.571. The number of carbonyl (C=O) groups is 1. The molecule has 1 N–H and O–H groups in total. The molecule has 2 aliphatic rings. The smallest absolute Gasteiger partial charge is 0.251 e. The van der Waals surface area contributed by atoms with E-state index in [0.717, 1.165) is 19.3 Å². The maximum Gasteiger partial charge on any atom is 0.251 e. The molecule has 1 heterocycles. The van der Waals surface area contributed by atoms with Crippen molar-refractivity contribution in [2.75, 3.05) is 19.6 Å². The number of hydrogen-bond donors (Lipinski definition) is 1. The van der Waals surface area contributed by atoms with E-state index in [4.69, 9.17) is 16.3 Å². The predicted octanol–water partition coefficient (Wildman–Crippen LogP) is 3.76. The molecule has 0 spiro atoms. The molecule has 1 amide bonds. The van der Waals surface area contributed by atoms with Crippen LogP contribution in [0.3, 0.4) is 0 Å². The highest BCUT2D eigenvalue weighted by Crippen LogP contribution is 2.28. The second-order valence-electron chi connectivity index (χ2n) is 7.84. The van der Waals surface area contributed by atoms with Gasteiger partial charge in [-0.3, -0.25) is 4.79 Å². The summed E-state index contributed by atoms with van der Waals surface area (Å²) in [5.41, 5.74) is 1.67. The monoisotopic (exact) mass is 440 g/mol. The first-order valence-electron chi connectivity index (χ1n) is 10.2. The standard InChI is InChI=1S/C21H29ClN2O4S/c1-15-13-24(14-16(2)28-15)29(26,27)20-12-18(8-9-19(20)22)21(25)23-11-10-17-6-4-3-5-7-17/h6,8-9,12,15-16H,3-5,7,10-11,13-14H2,1-2H3,(H,23,25)/t15-,16-/m0/s1. The molecule has 29 heavy (non-hydrogen) atoms. The zero-order valence-corrected chi connectivity index (χ0v) is 18.6. The number of amides is 1. The normalized spacial score (nSPS) is 23.5. The van der Waals surface area contributed by atoms with Crippen LogP contribution < -0.4 is 5.32 Å². The second-order valence-corrected chi connectivity index (χ2v) is 10.2. The van der Waals surface area contributed by atoms with Crippen molar-refractivity contribution in [3.63, 3.8) is 0 Å². The Morgan fingerprint density at radius 1 is 1.24 bits per heavy atom. The molecule has 1 aliphatic heterocycles. The number of sulfonamides is 1. The summed E-state index contributed by atoms with van der Waals surface area (Å²) in [6.07, 6.45) is 7.33. The van der Waals surface area contributed by atoms with Crippen LogP contribution in [0.25, 0.3) is 0 Å². The molecule has 3 rings (SSSR count). The Morgan fingerprint density at radius 2 is 1.97 bits per heavy atom. The lowest BCUT2D eigenvalue weighted by Gasteiger charge is -2.34. The first-order valence-corrected chi connectivity index (χ1v) is 12.0. The molecule has 8 heteroatoms. The fourth-order valence-corrected chi connectivity index (χ4v) is 5.97. The van der Waals surface area contributed by atoms with Gasteiger partial charge in [-0.1, -0.05) is 23.3 Å². The predicted molar refractivity (Wildman–Crippen MR) is 114 cm³/mol. The summed E-state index contributed by atoms with van der Waals surface area (Å²) < 4.78 is 33.3. The zero-order valence-electron chi connectivity index (χ0n) is 17.0. The SMILES string of the molecule is C[C@H]1CN(S(=O)(=O)c2cc(C(=O)NCCC3=CCCCC3)ccc2Cl)C[C@H](C)O1. The Bertz CT molecular complexity index is 875. The van der Waals surface area contributed by atoms with Crippen LogP contribution in [0.4, 0.5) is 0 Å². The van der Waals surface area contributed by atoms with Gasteiger partial charge in [-0.2, -0.15) is 4.31 Å². The number of nitrogens with one attached hydrogen (secondary N) is 1. The molecule has 1 aliphatic carbocycles. The first-order chi connectivity index (χ1) is 13.8. The van der Waals surface area contributed by atoms with Crippen molar-refractivity contribution in [3.8, 4) is 0 Å². The minimum absolute atomic E-state index is 0.0388. The van der Waals surface area contributed by atoms with E-state index in [9.17, 15) is 13.2 Å².